The van der Waals surface area contributed by atoms with E-state index < -0.39 is 0 Å². The number of carbonyl (C=O) groups is 1. The summed E-state index contributed by atoms with van der Waals surface area (Å²) in [5, 5.41) is 4.25. The van der Waals surface area contributed by atoms with Crippen LogP contribution in [0.2, 0.25) is 0 Å². The average molecular weight is 378 g/mol. The van der Waals surface area contributed by atoms with Crippen molar-refractivity contribution in [1.82, 2.24) is 10.3 Å². The highest BCUT2D eigenvalue weighted by Gasteiger charge is 2.31. The van der Waals surface area contributed by atoms with Crippen LogP contribution in [0.25, 0.3) is 10.2 Å². The summed E-state index contributed by atoms with van der Waals surface area (Å²) in [6.45, 7) is 3.18. The van der Waals surface area contributed by atoms with E-state index in [2.05, 4.69) is 34.7 Å². The predicted molar refractivity (Wildman–Crippen MR) is 104 cm³/mol. The smallest absolute Gasteiger partial charge is 0.225 e. The van der Waals surface area contributed by atoms with Gasteiger partial charge < -0.3 is 15.0 Å². The molecule has 2 saturated heterocycles. The Morgan fingerprint density at radius 2 is 2.20 bits per heavy atom. The zero-order valence-corrected chi connectivity index (χ0v) is 16.0. The molecule has 1 atom stereocenters. The number of fused-ring (bicyclic) bond motifs is 1. The van der Waals surface area contributed by atoms with Crippen LogP contribution in [0.1, 0.15) is 19.3 Å². The molecular weight excluding hydrogens is 354 g/mol. The number of hydrogen-bond acceptors (Lipinski definition) is 6. The number of benzene rings is 1. The Balaban J connectivity index is 1.42. The van der Waals surface area contributed by atoms with Gasteiger partial charge in [0.05, 0.1) is 16.1 Å². The number of amides is 1. The lowest BCUT2D eigenvalue weighted by Crippen LogP contribution is -2.42. The molecule has 1 aromatic carbocycles. The van der Waals surface area contributed by atoms with E-state index in [4.69, 9.17) is 9.72 Å². The van der Waals surface area contributed by atoms with Crippen LogP contribution in [0.4, 0.5) is 5.13 Å². The lowest BCUT2D eigenvalue weighted by molar-refractivity contribution is -0.125. The summed E-state index contributed by atoms with van der Waals surface area (Å²) in [7, 11) is 0. The van der Waals surface area contributed by atoms with Gasteiger partial charge in [-0.1, -0.05) is 17.4 Å². The van der Waals surface area contributed by atoms with Gasteiger partial charge in [0.25, 0.3) is 0 Å². The van der Waals surface area contributed by atoms with E-state index >= 15 is 0 Å². The van der Waals surface area contributed by atoms with Crippen molar-refractivity contribution in [3.63, 3.8) is 0 Å². The molecule has 25 heavy (non-hydrogen) atoms. The monoisotopic (exact) mass is 377 g/mol. The first-order chi connectivity index (χ1) is 12.2. The molecule has 0 saturated carbocycles. The third-order valence-corrected chi connectivity index (χ3v) is 6.84. The van der Waals surface area contributed by atoms with Gasteiger partial charge in [0.1, 0.15) is 0 Å². The van der Waals surface area contributed by atoms with Gasteiger partial charge in [-0.15, -0.1) is 11.8 Å². The number of ether oxygens (including phenoxy) is 1. The third-order valence-electron chi connectivity index (χ3n) is 4.99. The standard InChI is InChI=1S/C18H23N3O2S2/c1-24-14-3-2-4-15-16(14)20-18(25-15)21-8-5-12(11-21)17(22)19-13-6-9-23-10-7-13/h2-4,12-13H,5-11H2,1H3,(H,19,22). The molecule has 1 aromatic heterocycles. The predicted octanol–water partition coefficient (Wildman–Crippen LogP) is 3.14. The van der Waals surface area contributed by atoms with Crippen LogP contribution in [0.15, 0.2) is 23.1 Å². The summed E-state index contributed by atoms with van der Waals surface area (Å²) in [5.41, 5.74) is 1.09. The Morgan fingerprint density at radius 3 is 3.00 bits per heavy atom. The Hall–Kier alpha value is -1.31. The van der Waals surface area contributed by atoms with Crippen molar-refractivity contribution in [2.24, 2.45) is 5.92 Å². The second kappa shape index (κ2) is 7.51. The number of nitrogens with zero attached hydrogens (tertiary/aromatic N) is 2. The summed E-state index contributed by atoms with van der Waals surface area (Å²) in [5.74, 6) is 0.259. The molecule has 1 N–H and O–H groups in total. The molecule has 2 fully saturated rings. The fraction of sp³-hybridized carbons (Fsp3) is 0.556. The number of hydrogen-bond donors (Lipinski definition) is 1. The summed E-state index contributed by atoms with van der Waals surface area (Å²) >= 11 is 3.46. The number of rotatable bonds is 4. The van der Waals surface area contributed by atoms with Gasteiger partial charge in [-0.05, 0) is 37.7 Å². The minimum atomic E-state index is 0.0647. The van der Waals surface area contributed by atoms with E-state index in [1.54, 1.807) is 23.1 Å². The highest BCUT2D eigenvalue weighted by atomic mass is 32.2. The first-order valence-electron chi connectivity index (χ1n) is 8.81. The summed E-state index contributed by atoms with van der Waals surface area (Å²) in [6.07, 6.45) is 4.84. The van der Waals surface area contributed by atoms with Crippen molar-refractivity contribution in [3.05, 3.63) is 18.2 Å². The molecule has 134 valence electrons. The summed E-state index contributed by atoms with van der Waals surface area (Å²) < 4.78 is 6.58. The summed E-state index contributed by atoms with van der Waals surface area (Å²) in [4.78, 5) is 20.9. The largest absolute Gasteiger partial charge is 0.381 e. The van der Waals surface area contributed by atoms with Crippen LogP contribution in [-0.4, -0.2) is 49.5 Å². The molecule has 0 radical (unpaired) electrons. The lowest BCUT2D eigenvalue weighted by atomic mass is 10.1. The van der Waals surface area contributed by atoms with Gasteiger partial charge in [-0.2, -0.15) is 0 Å². The first-order valence-corrected chi connectivity index (χ1v) is 10.9. The minimum absolute atomic E-state index is 0.0647. The SMILES string of the molecule is CSc1cccc2sc(N3CCC(C(=O)NC4CCOCC4)C3)nc12. The number of carbonyl (C=O) groups excluding carboxylic acids is 1. The van der Waals surface area contributed by atoms with Crippen LogP contribution >= 0.6 is 23.1 Å². The van der Waals surface area contributed by atoms with Crippen molar-refractivity contribution in [2.45, 2.75) is 30.2 Å². The Morgan fingerprint density at radius 1 is 1.36 bits per heavy atom. The van der Waals surface area contributed by atoms with Crippen molar-refractivity contribution in [1.29, 1.82) is 0 Å². The van der Waals surface area contributed by atoms with E-state index in [0.717, 1.165) is 56.2 Å². The number of para-hydroxylation sites is 1. The second-order valence-electron chi connectivity index (χ2n) is 6.63. The molecule has 4 rings (SSSR count). The molecule has 7 heteroatoms. The zero-order chi connectivity index (χ0) is 17.2. The Labute approximate surface area is 156 Å². The maximum Gasteiger partial charge on any atom is 0.225 e. The third kappa shape index (κ3) is 3.64. The van der Waals surface area contributed by atoms with E-state index in [0.29, 0.717) is 0 Å². The van der Waals surface area contributed by atoms with Crippen molar-refractivity contribution in [3.8, 4) is 0 Å². The Bertz CT molecular complexity index is 758. The van der Waals surface area contributed by atoms with Crippen molar-refractivity contribution >= 4 is 44.4 Å². The quantitative estimate of drug-likeness (QED) is 0.830. The number of anilines is 1. The van der Waals surface area contributed by atoms with Gasteiger partial charge in [0, 0.05) is 37.2 Å². The highest BCUT2D eigenvalue weighted by molar-refractivity contribution is 7.98. The topological polar surface area (TPSA) is 54.5 Å². The zero-order valence-electron chi connectivity index (χ0n) is 14.4. The van der Waals surface area contributed by atoms with Crippen LogP contribution in [0, 0.1) is 5.92 Å². The second-order valence-corrected chi connectivity index (χ2v) is 8.49. The molecule has 0 spiro atoms. The fourth-order valence-corrected chi connectivity index (χ4v) is 5.18. The van der Waals surface area contributed by atoms with Crippen molar-refractivity contribution < 1.29 is 9.53 Å². The molecule has 3 heterocycles. The van der Waals surface area contributed by atoms with Gasteiger partial charge in [0.2, 0.25) is 5.91 Å². The number of nitrogens with one attached hydrogen (secondary N) is 1. The summed E-state index contributed by atoms with van der Waals surface area (Å²) in [6, 6.07) is 6.61. The first kappa shape index (κ1) is 17.1. The molecule has 1 amide bonds. The van der Waals surface area contributed by atoms with Gasteiger partial charge in [-0.3, -0.25) is 4.79 Å². The molecule has 0 bridgehead atoms. The van der Waals surface area contributed by atoms with E-state index in [-0.39, 0.29) is 17.9 Å². The van der Waals surface area contributed by atoms with Gasteiger partial charge in [0.15, 0.2) is 5.13 Å². The van der Waals surface area contributed by atoms with Crippen LogP contribution in [0.3, 0.4) is 0 Å². The normalized spacial score (nSPS) is 21.8. The molecule has 5 nitrogen and oxygen atoms in total. The molecule has 2 aliphatic heterocycles. The minimum Gasteiger partial charge on any atom is -0.381 e. The van der Waals surface area contributed by atoms with Gasteiger partial charge >= 0.3 is 0 Å². The van der Waals surface area contributed by atoms with Crippen LogP contribution in [0.5, 0.6) is 0 Å². The number of aromatic nitrogens is 1. The van der Waals surface area contributed by atoms with E-state index in [1.807, 2.05) is 0 Å². The molecule has 2 aliphatic rings. The van der Waals surface area contributed by atoms with Crippen LogP contribution in [-0.2, 0) is 9.53 Å². The molecular formula is C18H23N3O2S2. The lowest BCUT2D eigenvalue weighted by Gasteiger charge is -2.24. The van der Waals surface area contributed by atoms with Crippen LogP contribution < -0.4 is 10.2 Å². The average Bonchev–Trinajstić information content (AvgIpc) is 3.29. The molecule has 1 unspecified atom stereocenters. The van der Waals surface area contributed by atoms with E-state index in [9.17, 15) is 4.79 Å². The van der Waals surface area contributed by atoms with Gasteiger partial charge in [-0.25, -0.2) is 4.98 Å². The van der Waals surface area contributed by atoms with Crippen molar-refractivity contribution in [2.75, 3.05) is 37.5 Å². The highest BCUT2D eigenvalue weighted by Crippen LogP contribution is 2.36. The number of thiazole rings is 1. The molecule has 2 aromatic rings. The number of thioether (sulfide) groups is 1. The fourth-order valence-electron chi connectivity index (χ4n) is 3.52. The Kier molecular flexibility index (Phi) is 5.15. The molecule has 0 aliphatic carbocycles. The maximum absolute atomic E-state index is 12.6. The van der Waals surface area contributed by atoms with E-state index in [1.165, 1.54) is 9.60 Å². The maximum atomic E-state index is 12.6.